The Labute approximate surface area is 412 Å². The highest BCUT2D eigenvalue weighted by atomic mass is 16.2. The summed E-state index contributed by atoms with van der Waals surface area (Å²) in [4.78, 5) is 28.3. The molecule has 8 heteroatoms. The van der Waals surface area contributed by atoms with Crippen molar-refractivity contribution in [3.63, 3.8) is 0 Å². The molecule has 5 aromatic rings. The molecule has 2 heterocycles. The van der Waals surface area contributed by atoms with Crippen LogP contribution < -0.4 is 19.8 Å². The zero-order chi connectivity index (χ0) is 48.7. The van der Waals surface area contributed by atoms with Gasteiger partial charge in [0.1, 0.15) is 24.8 Å². The highest BCUT2D eigenvalue weighted by molar-refractivity contribution is 6.01. The summed E-state index contributed by atoms with van der Waals surface area (Å²) < 4.78 is 8.84. The zero-order valence-electron chi connectivity index (χ0n) is 43.7. The van der Waals surface area contributed by atoms with Gasteiger partial charge in [-0.05, 0) is 134 Å². The van der Waals surface area contributed by atoms with Gasteiger partial charge in [-0.2, -0.15) is 0 Å². The molecule has 4 atom stereocenters. The molecule has 2 N–H and O–H groups in total. The lowest BCUT2D eigenvalue weighted by molar-refractivity contribution is -0.704. The minimum Gasteiger partial charge on any atom is -0.315 e. The van der Waals surface area contributed by atoms with Crippen molar-refractivity contribution in [1.82, 2.24) is 9.13 Å². The molecule has 0 aliphatic carbocycles. The molecule has 0 radical (unpaired) electrons. The number of carbonyl (C=O) groups excluding carboxylic acids is 2. The van der Waals surface area contributed by atoms with Gasteiger partial charge in [0.15, 0.2) is 0 Å². The third-order valence-electron chi connectivity index (χ3n) is 14.6. The fourth-order valence-corrected chi connectivity index (χ4v) is 9.93. The summed E-state index contributed by atoms with van der Waals surface area (Å²) in [6.07, 6.45) is 29.0. The van der Waals surface area contributed by atoms with Gasteiger partial charge in [0.25, 0.3) is 0 Å². The van der Waals surface area contributed by atoms with E-state index < -0.39 is 0 Å². The molecule has 0 saturated carbocycles. The maximum Gasteiger partial charge on any atom is 0.348 e. The number of amides is 2. The Kier molecular flexibility index (Phi) is 23.1. The number of anilines is 2. The fraction of sp³-hybridized carbons (Fsp3) is 0.567. The SMILES string of the molecule is CCCCC(CC)Cn1cc[n+](CC(CC)CCCC)c1C(=O)Nc1ccc(Cc2cccc(Cc3ccc(NC(=O)c4n(CC(CC)CCCC)cc[n+]4CC(CC)CCCC)cc3)c2)cc1. The van der Waals surface area contributed by atoms with Gasteiger partial charge < -0.3 is 10.6 Å². The molecule has 0 bridgehead atoms. The second-order valence-corrected chi connectivity index (χ2v) is 20.0. The highest BCUT2D eigenvalue weighted by Gasteiger charge is 2.30. The maximum atomic E-state index is 14.1. The van der Waals surface area contributed by atoms with Crippen molar-refractivity contribution in [1.29, 1.82) is 0 Å². The minimum absolute atomic E-state index is 0.0404. The van der Waals surface area contributed by atoms with Gasteiger partial charge in [-0.1, -0.05) is 155 Å². The molecular weight excluding hydrogens is 837 g/mol. The van der Waals surface area contributed by atoms with E-state index in [-0.39, 0.29) is 11.8 Å². The van der Waals surface area contributed by atoms with Gasteiger partial charge in [0, 0.05) is 11.4 Å². The maximum absolute atomic E-state index is 14.1. The Bertz CT molecular complexity index is 1990. The number of hydrogen-bond acceptors (Lipinski definition) is 2. The summed E-state index contributed by atoms with van der Waals surface area (Å²) in [7, 11) is 0. The van der Waals surface area contributed by atoms with Crippen LogP contribution in [0.4, 0.5) is 11.4 Å². The van der Waals surface area contributed by atoms with Gasteiger partial charge in [0.05, 0.1) is 26.2 Å². The van der Waals surface area contributed by atoms with E-state index in [1.54, 1.807) is 0 Å². The fourth-order valence-electron chi connectivity index (χ4n) is 9.93. The van der Waals surface area contributed by atoms with Crippen molar-refractivity contribution in [3.8, 4) is 0 Å². The number of aromatic nitrogens is 4. The zero-order valence-corrected chi connectivity index (χ0v) is 43.7. The lowest BCUT2D eigenvalue weighted by atomic mass is 9.99. The minimum atomic E-state index is -0.0404. The lowest BCUT2D eigenvalue weighted by Gasteiger charge is -2.15. The number of carbonyl (C=O) groups is 2. The summed E-state index contributed by atoms with van der Waals surface area (Å²) >= 11 is 0. The van der Waals surface area contributed by atoms with Crippen LogP contribution in [0.2, 0.25) is 0 Å². The smallest absolute Gasteiger partial charge is 0.315 e. The Hall–Kier alpha value is -4.98. The molecule has 0 aliphatic heterocycles. The second kappa shape index (κ2) is 29.1. The van der Waals surface area contributed by atoms with Crippen molar-refractivity contribution < 1.29 is 18.7 Å². The third kappa shape index (κ3) is 16.6. The highest BCUT2D eigenvalue weighted by Crippen LogP contribution is 2.23. The number of hydrogen-bond donors (Lipinski definition) is 2. The Balaban J connectivity index is 1.23. The molecule has 68 heavy (non-hydrogen) atoms. The molecule has 0 aliphatic rings. The van der Waals surface area contributed by atoms with Crippen molar-refractivity contribution in [3.05, 3.63) is 131 Å². The first kappa shape index (κ1) is 54.0. The van der Waals surface area contributed by atoms with Crippen molar-refractivity contribution >= 4 is 23.2 Å². The van der Waals surface area contributed by atoms with E-state index in [2.05, 4.69) is 158 Å². The predicted octanol–water partition coefficient (Wildman–Crippen LogP) is 14.4. The molecule has 3 aromatic carbocycles. The van der Waals surface area contributed by atoms with Crippen LogP contribution in [-0.4, -0.2) is 20.9 Å². The number of unbranched alkanes of at least 4 members (excludes halogenated alkanes) is 4. The van der Waals surface area contributed by atoms with E-state index in [1.165, 1.54) is 99.3 Å². The third-order valence-corrected chi connectivity index (χ3v) is 14.6. The molecule has 4 unspecified atom stereocenters. The van der Waals surface area contributed by atoms with Crippen LogP contribution in [0, 0.1) is 23.7 Å². The monoisotopic (exact) mass is 927 g/mol. The van der Waals surface area contributed by atoms with Crippen molar-refractivity contribution in [2.45, 2.75) is 197 Å². The topological polar surface area (TPSA) is 75.8 Å². The molecule has 5 rings (SSSR count). The van der Waals surface area contributed by atoms with Crippen LogP contribution in [0.5, 0.6) is 0 Å². The van der Waals surface area contributed by atoms with Crippen LogP contribution in [-0.2, 0) is 39.0 Å². The Morgan fingerprint density at radius 1 is 0.471 bits per heavy atom. The largest absolute Gasteiger partial charge is 0.348 e. The number of rotatable bonds is 32. The number of imidazole rings is 2. The normalized spacial score (nSPS) is 13.3. The first-order valence-electron chi connectivity index (χ1n) is 27.2. The van der Waals surface area contributed by atoms with E-state index in [9.17, 15) is 9.59 Å². The standard InChI is InChI=1S/C60H88N6O2/c1-9-17-22-47(13-5)43-63-36-37-64(44-48(14-6)23-18-10-2)59(63)57(67)61-55-32-28-51(29-33-55)40-53-26-21-27-54(42-53)41-52-30-34-56(35-31-52)62-58(68)60-65(45-49(15-7)24-19-11-3)38-39-66(60)46-50(16-8)25-20-12-4/h21,26-39,42,47-50H,9-20,22-25,40-41,43-46H2,1-8H3/p+2. The molecule has 2 aromatic heterocycles. The Morgan fingerprint density at radius 2 is 0.824 bits per heavy atom. The van der Waals surface area contributed by atoms with E-state index in [4.69, 9.17) is 0 Å². The number of nitrogens with zero attached hydrogens (tertiary/aromatic N) is 4. The van der Waals surface area contributed by atoms with Gasteiger partial charge in [0.2, 0.25) is 0 Å². The van der Waals surface area contributed by atoms with E-state index in [0.717, 1.165) is 87.7 Å². The molecule has 0 saturated heterocycles. The molecular formula is C60H90N6O2+2. The van der Waals surface area contributed by atoms with Gasteiger partial charge in [-0.25, -0.2) is 18.3 Å². The number of nitrogens with one attached hydrogen (secondary N) is 2. The van der Waals surface area contributed by atoms with E-state index >= 15 is 0 Å². The average Bonchev–Trinajstić information content (AvgIpc) is 3.95. The summed E-state index contributed by atoms with van der Waals surface area (Å²) in [5, 5.41) is 6.54. The van der Waals surface area contributed by atoms with Crippen molar-refractivity contribution in [2.75, 3.05) is 10.6 Å². The second-order valence-electron chi connectivity index (χ2n) is 20.0. The van der Waals surface area contributed by atoms with Gasteiger partial charge in [-0.15, -0.1) is 0 Å². The molecule has 0 fully saturated rings. The molecule has 8 nitrogen and oxygen atoms in total. The van der Waals surface area contributed by atoms with Crippen LogP contribution >= 0.6 is 0 Å². The molecule has 370 valence electrons. The first-order valence-corrected chi connectivity index (χ1v) is 27.2. The van der Waals surface area contributed by atoms with Crippen LogP contribution in [0.3, 0.4) is 0 Å². The van der Waals surface area contributed by atoms with Gasteiger partial charge >= 0.3 is 23.5 Å². The average molecular weight is 927 g/mol. The van der Waals surface area contributed by atoms with E-state index in [1.807, 2.05) is 24.3 Å². The van der Waals surface area contributed by atoms with E-state index in [0.29, 0.717) is 23.7 Å². The Morgan fingerprint density at radius 3 is 1.16 bits per heavy atom. The summed E-state index contributed by atoms with van der Waals surface area (Å²) in [5.41, 5.74) is 6.53. The van der Waals surface area contributed by atoms with Crippen LogP contribution in [0.25, 0.3) is 0 Å². The summed E-state index contributed by atoms with van der Waals surface area (Å²) in [5.74, 6) is 3.64. The van der Waals surface area contributed by atoms with Crippen LogP contribution in [0.15, 0.2) is 97.6 Å². The van der Waals surface area contributed by atoms with Crippen molar-refractivity contribution in [2.24, 2.45) is 23.7 Å². The van der Waals surface area contributed by atoms with Gasteiger partial charge in [-0.3, -0.25) is 9.59 Å². The number of benzene rings is 3. The molecule has 2 amide bonds. The summed E-state index contributed by atoms with van der Waals surface area (Å²) in [6.45, 7) is 21.6. The lowest BCUT2D eigenvalue weighted by Crippen LogP contribution is -2.44. The quantitative estimate of drug-likeness (QED) is 0.0422. The van der Waals surface area contributed by atoms with Crippen LogP contribution in [0.1, 0.15) is 202 Å². The first-order chi connectivity index (χ1) is 33.1. The summed E-state index contributed by atoms with van der Waals surface area (Å²) in [6, 6.07) is 25.6. The predicted molar refractivity (Wildman–Crippen MR) is 283 cm³/mol. The molecule has 0 spiro atoms.